The predicted octanol–water partition coefficient (Wildman–Crippen LogP) is 3.44. The molecule has 0 atom stereocenters. The molecule has 8 nitrogen and oxygen atoms in total. The third-order valence-corrected chi connectivity index (χ3v) is 6.42. The van der Waals surface area contributed by atoms with Crippen LogP contribution in [-0.4, -0.2) is 50.8 Å². The van der Waals surface area contributed by atoms with E-state index in [1.165, 1.54) is 6.33 Å². The number of benzene rings is 2. The Morgan fingerprint density at radius 1 is 1.09 bits per heavy atom. The van der Waals surface area contributed by atoms with E-state index in [0.717, 1.165) is 16.9 Å². The molecule has 168 valence electrons. The number of halogens is 2. The third kappa shape index (κ3) is 3.60. The molecule has 0 aliphatic carbocycles. The lowest BCUT2D eigenvalue weighted by atomic mass is 9.88. The molecule has 0 bridgehead atoms. The van der Waals surface area contributed by atoms with E-state index in [1.54, 1.807) is 4.68 Å². The molecule has 2 aromatic carbocycles. The summed E-state index contributed by atoms with van der Waals surface area (Å²) in [5.74, 6) is 0.255. The highest BCUT2D eigenvalue weighted by molar-refractivity contribution is 6.32. The summed E-state index contributed by atoms with van der Waals surface area (Å²) in [4.78, 5) is 23.1. The SMILES string of the molecule is CCNC1(C(N)=O)CN(c2ncnc3c(-c4ccc(Cl)cc4)n(-c4ccccc4Cl)nc23)C1. The molecule has 33 heavy (non-hydrogen) atoms. The zero-order valence-electron chi connectivity index (χ0n) is 17.8. The summed E-state index contributed by atoms with van der Waals surface area (Å²) in [7, 11) is 0. The van der Waals surface area contributed by atoms with Gasteiger partial charge in [0.2, 0.25) is 5.91 Å². The molecule has 3 heterocycles. The number of hydrogen-bond donors (Lipinski definition) is 2. The summed E-state index contributed by atoms with van der Waals surface area (Å²) >= 11 is 12.7. The van der Waals surface area contributed by atoms with Crippen LogP contribution in [0.5, 0.6) is 0 Å². The van der Waals surface area contributed by atoms with Crippen molar-refractivity contribution in [2.45, 2.75) is 12.5 Å². The number of anilines is 1. The minimum Gasteiger partial charge on any atom is -0.368 e. The second-order valence-corrected chi connectivity index (χ2v) is 8.79. The Hall–Kier alpha value is -3.20. The number of carbonyl (C=O) groups excluding carboxylic acids is 1. The van der Waals surface area contributed by atoms with Crippen LogP contribution in [-0.2, 0) is 4.79 Å². The summed E-state index contributed by atoms with van der Waals surface area (Å²) in [5.41, 5.74) is 8.54. The van der Waals surface area contributed by atoms with E-state index in [1.807, 2.05) is 60.4 Å². The van der Waals surface area contributed by atoms with Crippen molar-refractivity contribution in [3.05, 3.63) is 64.9 Å². The predicted molar refractivity (Wildman–Crippen MR) is 130 cm³/mol. The van der Waals surface area contributed by atoms with Gasteiger partial charge >= 0.3 is 0 Å². The van der Waals surface area contributed by atoms with Gasteiger partial charge in [0.15, 0.2) is 11.3 Å². The number of carbonyl (C=O) groups is 1. The van der Waals surface area contributed by atoms with Crippen molar-refractivity contribution in [2.24, 2.45) is 5.73 Å². The van der Waals surface area contributed by atoms with Gasteiger partial charge < -0.3 is 16.0 Å². The molecule has 1 saturated heterocycles. The maximum Gasteiger partial charge on any atom is 0.241 e. The number of fused-ring (bicyclic) bond motifs is 1. The molecule has 1 fully saturated rings. The molecule has 3 N–H and O–H groups in total. The van der Waals surface area contributed by atoms with Crippen LogP contribution in [0.3, 0.4) is 0 Å². The van der Waals surface area contributed by atoms with Gasteiger partial charge in [-0.05, 0) is 30.8 Å². The molecule has 1 aliphatic heterocycles. The van der Waals surface area contributed by atoms with Crippen molar-refractivity contribution in [2.75, 3.05) is 24.5 Å². The summed E-state index contributed by atoms with van der Waals surface area (Å²) < 4.78 is 1.78. The largest absolute Gasteiger partial charge is 0.368 e. The number of aromatic nitrogens is 4. The highest BCUT2D eigenvalue weighted by atomic mass is 35.5. The maximum atomic E-state index is 12.1. The topological polar surface area (TPSA) is 102 Å². The highest BCUT2D eigenvalue weighted by Gasteiger charge is 2.48. The number of para-hydroxylation sites is 1. The molecule has 10 heteroatoms. The van der Waals surface area contributed by atoms with E-state index in [-0.39, 0.29) is 5.91 Å². The van der Waals surface area contributed by atoms with Gasteiger partial charge in [0, 0.05) is 23.7 Å². The standard InChI is InChI=1S/C23H21Cl2N7O/c1-2-29-23(22(26)33)11-31(12-23)21-19-18(27-13-28-21)20(14-7-9-15(24)10-8-14)32(30-19)17-6-4-3-5-16(17)25/h3-10,13,29H,2,11-12H2,1H3,(H2,26,33). The number of nitrogens with one attached hydrogen (secondary N) is 1. The summed E-state index contributed by atoms with van der Waals surface area (Å²) in [6, 6.07) is 15.0. The first-order chi connectivity index (χ1) is 15.9. The van der Waals surface area contributed by atoms with Crippen molar-refractivity contribution in [1.29, 1.82) is 0 Å². The molecule has 0 saturated carbocycles. The van der Waals surface area contributed by atoms with Gasteiger partial charge in [0.05, 0.1) is 10.7 Å². The maximum absolute atomic E-state index is 12.1. The van der Waals surface area contributed by atoms with Crippen LogP contribution in [0, 0.1) is 0 Å². The third-order valence-electron chi connectivity index (χ3n) is 5.85. The molecular weight excluding hydrogens is 461 g/mol. The van der Waals surface area contributed by atoms with Crippen LogP contribution in [0.15, 0.2) is 54.9 Å². The Morgan fingerprint density at radius 2 is 1.82 bits per heavy atom. The molecule has 1 amide bonds. The monoisotopic (exact) mass is 481 g/mol. The number of nitrogens with two attached hydrogens (primary N) is 1. The van der Waals surface area contributed by atoms with Gasteiger partial charge in [-0.3, -0.25) is 4.79 Å². The quantitative estimate of drug-likeness (QED) is 0.437. The van der Waals surface area contributed by atoms with Crippen LogP contribution in [0.25, 0.3) is 28.0 Å². The Balaban J connectivity index is 1.68. The Morgan fingerprint density at radius 3 is 2.48 bits per heavy atom. The van der Waals surface area contributed by atoms with Crippen molar-refractivity contribution in [1.82, 2.24) is 25.1 Å². The van der Waals surface area contributed by atoms with E-state index >= 15 is 0 Å². The Labute approximate surface area is 200 Å². The number of rotatable bonds is 6. The zero-order chi connectivity index (χ0) is 23.2. The number of amides is 1. The second-order valence-electron chi connectivity index (χ2n) is 7.95. The van der Waals surface area contributed by atoms with Crippen molar-refractivity contribution in [3.8, 4) is 16.9 Å². The smallest absolute Gasteiger partial charge is 0.241 e. The van der Waals surface area contributed by atoms with Gasteiger partial charge in [-0.2, -0.15) is 5.10 Å². The minimum absolute atomic E-state index is 0.380. The Bertz CT molecular complexity index is 1350. The molecular formula is C23H21Cl2N7O. The number of primary amides is 1. The van der Waals surface area contributed by atoms with Crippen molar-refractivity contribution >= 4 is 46.0 Å². The lowest BCUT2D eigenvalue weighted by molar-refractivity contribution is -0.125. The van der Waals surface area contributed by atoms with Crippen LogP contribution in [0.1, 0.15) is 6.92 Å². The fourth-order valence-corrected chi connectivity index (χ4v) is 4.57. The van der Waals surface area contributed by atoms with Crippen molar-refractivity contribution in [3.63, 3.8) is 0 Å². The van der Waals surface area contributed by atoms with Gasteiger partial charge in [-0.1, -0.05) is 54.4 Å². The first kappa shape index (κ1) is 21.6. The molecule has 1 aliphatic rings. The number of hydrogen-bond acceptors (Lipinski definition) is 6. The lowest BCUT2D eigenvalue weighted by Gasteiger charge is -2.48. The van der Waals surface area contributed by atoms with Gasteiger partial charge in [-0.15, -0.1) is 0 Å². The molecule has 0 spiro atoms. The fraction of sp³-hybridized carbons (Fsp3) is 0.217. The fourth-order valence-electron chi connectivity index (χ4n) is 4.23. The minimum atomic E-state index is -0.781. The average molecular weight is 482 g/mol. The number of nitrogens with zero attached hydrogens (tertiary/aromatic N) is 5. The summed E-state index contributed by atoms with van der Waals surface area (Å²) in [6.07, 6.45) is 1.51. The van der Waals surface area contributed by atoms with Crippen LogP contribution < -0.4 is 16.0 Å². The van der Waals surface area contributed by atoms with Gasteiger partial charge in [0.1, 0.15) is 23.1 Å². The molecule has 4 aromatic rings. The number of likely N-dealkylation sites (N-methyl/N-ethyl adjacent to an activating group) is 1. The second kappa shape index (κ2) is 8.30. The summed E-state index contributed by atoms with van der Waals surface area (Å²) in [5, 5.41) is 9.28. The molecule has 5 rings (SSSR count). The van der Waals surface area contributed by atoms with Crippen LogP contribution in [0.2, 0.25) is 10.0 Å². The summed E-state index contributed by atoms with van der Waals surface area (Å²) in [6.45, 7) is 3.38. The zero-order valence-corrected chi connectivity index (χ0v) is 19.3. The van der Waals surface area contributed by atoms with E-state index in [0.29, 0.717) is 46.5 Å². The van der Waals surface area contributed by atoms with E-state index in [9.17, 15) is 4.79 Å². The lowest BCUT2D eigenvalue weighted by Crippen LogP contribution is -2.75. The Kier molecular flexibility index (Phi) is 5.44. The van der Waals surface area contributed by atoms with Gasteiger partial charge in [0.25, 0.3) is 0 Å². The van der Waals surface area contributed by atoms with Crippen LogP contribution >= 0.6 is 23.2 Å². The highest BCUT2D eigenvalue weighted by Crippen LogP contribution is 2.37. The molecule has 0 unspecified atom stereocenters. The normalized spacial score (nSPS) is 14.9. The first-order valence-corrected chi connectivity index (χ1v) is 11.2. The van der Waals surface area contributed by atoms with E-state index in [2.05, 4.69) is 15.3 Å². The molecule has 0 radical (unpaired) electrons. The van der Waals surface area contributed by atoms with E-state index < -0.39 is 5.54 Å². The van der Waals surface area contributed by atoms with Crippen molar-refractivity contribution < 1.29 is 4.79 Å². The van der Waals surface area contributed by atoms with Crippen LogP contribution in [0.4, 0.5) is 5.82 Å². The van der Waals surface area contributed by atoms with Gasteiger partial charge in [-0.25, -0.2) is 14.6 Å². The first-order valence-electron chi connectivity index (χ1n) is 10.5. The average Bonchev–Trinajstić information content (AvgIpc) is 3.16. The van der Waals surface area contributed by atoms with E-state index in [4.69, 9.17) is 34.0 Å². The molecule has 2 aromatic heterocycles.